The summed E-state index contributed by atoms with van der Waals surface area (Å²) >= 11 is 5.40. The van der Waals surface area contributed by atoms with E-state index < -0.39 is 0 Å². The number of hydrogen-bond acceptors (Lipinski definition) is 1. The van der Waals surface area contributed by atoms with Gasteiger partial charge in [-0.05, 0) is 24.1 Å². The summed E-state index contributed by atoms with van der Waals surface area (Å²) in [6, 6.07) is 6.52. The molecule has 2 rings (SSSR count). The Hall–Kier alpha value is 0.0500. The van der Waals surface area contributed by atoms with Gasteiger partial charge in [-0.1, -0.05) is 22.0 Å². The summed E-state index contributed by atoms with van der Waals surface area (Å²) in [7, 11) is 0. The summed E-state index contributed by atoms with van der Waals surface area (Å²) in [4.78, 5) is 1.45. The Morgan fingerprint density at radius 1 is 1.40 bits per heavy atom. The van der Waals surface area contributed by atoms with E-state index in [0.29, 0.717) is 0 Å². The van der Waals surface area contributed by atoms with Crippen LogP contribution in [-0.2, 0) is 6.42 Å². The van der Waals surface area contributed by atoms with Crippen LogP contribution in [0.5, 0.6) is 0 Å². The summed E-state index contributed by atoms with van der Waals surface area (Å²) in [5.41, 5.74) is 1.51. The molecule has 52 valence electrons. The average Bonchev–Trinajstić information content (AvgIpc) is 2.33. The lowest BCUT2D eigenvalue weighted by Crippen LogP contribution is -1.78. The highest BCUT2D eigenvalue weighted by molar-refractivity contribution is 9.10. The molecule has 1 heterocycles. The van der Waals surface area contributed by atoms with E-state index in [0.717, 1.165) is 0 Å². The predicted octanol–water partition coefficient (Wildman–Crippen LogP) is 3.10. The van der Waals surface area contributed by atoms with Gasteiger partial charge in [-0.25, -0.2) is 0 Å². The van der Waals surface area contributed by atoms with Crippen LogP contribution in [-0.4, -0.2) is 5.75 Å². The molecule has 0 fully saturated rings. The van der Waals surface area contributed by atoms with Gasteiger partial charge in [0.1, 0.15) is 0 Å². The lowest BCUT2D eigenvalue weighted by atomic mass is 10.2. The second kappa shape index (κ2) is 2.59. The number of rotatable bonds is 0. The Morgan fingerprint density at radius 3 is 3.20 bits per heavy atom. The van der Waals surface area contributed by atoms with Gasteiger partial charge in [0, 0.05) is 15.1 Å². The van der Waals surface area contributed by atoms with Crippen LogP contribution in [0.4, 0.5) is 0 Å². The topological polar surface area (TPSA) is 0 Å². The first-order valence-corrected chi connectivity index (χ1v) is 5.05. The Balaban J connectivity index is 2.52. The molecule has 2 heteroatoms. The van der Waals surface area contributed by atoms with Gasteiger partial charge < -0.3 is 0 Å². The number of fused-ring (bicyclic) bond motifs is 1. The van der Waals surface area contributed by atoms with Crippen LogP contribution in [0.25, 0.3) is 0 Å². The largest absolute Gasteiger partial charge is 0.125 e. The lowest BCUT2D eigenvalue weighted by Gasteiger charge is -1.96. The fraction of sp³-hybridized carbons (Fsp3) is 0.250. The molecular weight excluding hydrogens is 208 g/mol. The van der Waals surface area contributed by atoms with Gasteiger partial charge in [-0.15, -0.1) is 11.8 Å². The third kappa shape index (κ3) is 1.10. The fourth-order valence-corrected chi connectivity index (χ4v) is 2.76. The molecule has 0 N–H and O–H groups in total. The molecule has 1 aromatic rings. The normalized spacial score (nSPS) is 15.3. The Kier molecular flexibility index (Phi) is 1.75. The Bertz CT molecular complexity index is 257. The molecule has 0 aliphatic carbocycles. The van der Waals surface area contributed by atoms with Crippen LogP contribution in [0.15, 0.2) is 27.6 Å². The van der Waals surface area contributed by atoms with Gasteiger partial charge in [0.05, 0.1) is 0 Å². The third-order valence-electron chi connectivity index (χ3n) is 1.66. The van der Waals surface area contributed by atoms with E-state index >= 15 is 0 Å². The van der Waals surface area contributed by atoms with Gasteiger partial charge in [0.25, 0.3) is 0 Å². The second-order valence-electron chi connectivity index (χ2n) is 2.35. The molecule has 0 atom stereocenters. The molecule has 1 aliphatic rings. The van der Waals surface area contributed by atoms with E-state index in [1.54, 1.807) is 0 Å². The quantitative estimate of drug-likeness (QED) is 0.640. The minimum absolute atomic E-state index is 1.20. The molecular formula is C8H7BrS. The summed E-state index contributed by atoms with van der Waals surface area (Å²) in [6.45, 7) is 0. The van der Waals surface area contributed by atoms with Crippen molar-refractivity contribution >= 4 is 27.7 Å². The highest BCUT2D eigenvalue weighted by Crippen LogP contribution is 2.32. The Morgan fingerprint density at radius 2 is 2.30 bits per heavy atom. The summed E-state index contributed by atoms with van der Waals surface area (Å²) in [6.07, 6.45) is 1.24. The third-order valence-corrected chi connectivity index (χ3v) is 3.25. The van der Waals surface area contributed by atoms with Gasteiger partial charge in [-0.2, -0.15) is 0 Å². The van der Waals surface area contributed by atoms with Gasteiger partial charge in [0.15, 0.2) is 0 Å². The van der Waals surface area contributed by atoms with Crippen LogP contribution < -0.4 is 0 Å². The molecule has 1 aliphatic heterocycles. The maximum Gasteiger partial charge on any atom is 0.0186 e. The predicted molar refractivity (Wildman–Crippen MR) is 48.6 cm³/mol. The number of hydrogen-bond donors (Lipinski definition) is 0. The zero-order valence-electron chi connectivity index (χ0n) is 5.43. The monoisotopic (exact) mass is 214 g/mol. The van der Waals surface area contributed by atoms with Crippen molar-refractivity contribution in [1.82, 2.24) is 0 Å². The van der Waals surface area contributed by atoms with E-state index in [-0.39, 0.29) is 0 Å². The molecule has 0 spiro atoms. The molecule has 0 saturated carbocycles. The smallest absolute Gasteiger partial charge is 0.0186 e. The van der Waals surface area contributed by atoms with Crippen molar-refractivity contribution in [2.24, 2.45) is 0 Å². The summed E-state index contributed by atoms with van der Waals surface area (Å²) in [5.74, 6) is 1.26. The number of thioether (sulfide) groups is 1. The maximum atomic E-state index is 3.45. The molecule has 0 bridgehead atoms. The number of halogens is 1. The first-order valence-electron chi connectivity index (χ1n) is 3.27. The molecule has 0 amide bonds. The van der Waals surface area contributed by atoms with E-state index in [2.05, 4.69) is 34.1 Å². The van der Waals surface area contributed by atoms with Crippen molar-refractivity contribution in [1.29, 1.82) is 0 Å². The molecule has 0 unspecified atom stereocenters. The molecule has 10 heavy (non-hydrogen) atoms. The van der Waals surface area contributed by atoms with Crippen LogP contribution in [0, 0.1) is 0 Å². The number of aryl methyl sites for hydroxylation is 1. The molecule has 0 nitrogen and oxygen atoms in total. The minimum atomic E-state index is 1.20. The fourth-order valence-electron chi connectivity index (χ4n) is 1.14. The van der Waals surface area contributed by atoms with Gasteiger partial charge in [-0.3, -0.25) is 0 Å². The van der Waals surface area contributed by atoms with Gasteiger partial charge >= 0.3 is 0 Å². The zero-order chi connectivity index (χ0) is 6.97. The average molecular weight is 215 g/mol. The van der Waals surface area contributed by atoms with E-state index in [1.807, 2.05) is 11.8 Å². The van der Waals surface area contributed by atoms with Crippen LogP contribution in [0.3, 0.4) is 0 Å². The molecule has 1 aromatic carbocycles. The van der Waals surface area contributed by atoms with Crippen molar-refractivity contribution in [2.45, 2.75) is 11.3 Å². The highest BCUT2D eigenvalue weighted by atomic mass is 79.9. The van der Waals surface area contributed by atoms with Crippen molar-refractivity contribution in [2.75, 3.05) is 5.75 Å². The van der Waals surface area contributed by atoms with Gasteiger partial charge in [0.2, 0.25) is 0 Å². The first-order chi connectivity index (χ1) is 4.86. The second-order valence-corrected chi connectivity index (χ2v) is 4.40. The summed E-state index contributed by atoms with van der Waals surface area (Å²) < 4.78 is 1.20. The van der Waals surface area contributed by atoms with Crippen molar-refractivity contribution < 1.29 is 0 Å². The summed E-state index contributed by atoms with van der Waals surface area (Å²) in [5, 5.41) is 0. The molecule has 0 radical (unpaired) electrons. The van der Waals surface area contributed by atoms with E-state index in [1.165, 1.54) is 27.1 Å². The van der Waals surface area contributed by atoms with Crippen molar-refractivity contribution in [3.8, 4) is 0 Å². The minimum Gasteiger partial charge on any atom is -0.125 e. The first kappa shape index (κ1) is 6.74. The highest BCUT2D eigenvalue weighted by Gasteiger charge is 2.09. The van der Waals surface area contributed by atoms with Crippen LogP contribution in [0.2, 0.25) is 0 Å². The van der Waals surface area contributed by atoms with E-state index in [9.17, 15) is 0 Å². The van der Waals surface area contributed by atoms with Crippen molar-refractivity contribution in [3.05, 3.63) is 28.2 Å². The van der Waals surface area contributed by atoms with E-state index in [4.69, 9.17) is 0 Å². The maximum absolute atomic E-state index is 3.45. The van der Waals surface area contributed by atoms with Crippen LogP contribution in [0.1, 0.15) is 5.56 Å². The number of benzene rings is 1. The standard InChI is InChI=1S/C8H7BrS/c9-7-2-1-6-3-4-10-8(6)5-7/h1-2,5H,3-4H2. The lowest BCUT2D eigenvalue weighted by molar-refractivity contribution is 1.14. The Labute approximate surface area is 73.1 Å². The molecule has 0 aromatic heterocycles. The van der Waals surface area contributed by atoms with Crippen molar-refractivity contribution in [3.63, 3.8) is 0 Å². The zero-order valence-corrected chi connectivity index (χ0v) is 7.83. The van der Waals surface area contributed by atoms with Crippen LogP contribution >= 0.6 is 27.7 Å². The SMILES string of the molecule is Brc1ccc2c(c1)SCC2. The molecule has 0 saturated heterocycles.